The van der Waals surface area contributed by atoms with Crippen molar-refractivity contribution in [1.82, 2.24) is 0 Å². The first kappa shape index (κ1) is 19.5. The lowest BCUT2D eigenvalue weighted by Gasteiger charge is -2.10. The number of anilines is 2. The Bertz CT molecular complexity index is 1070. The van der Waals surface area contributed by atoms with E-state index in [4.69, 9.17) is 11.6 Å². The molecule has 0 aliphatic heterocycles. The Kier molecular flexibility index (Phi) is 5.67. The molecule has 0 atom stereocenters. The van der Waals surface area contributed by atoms with Crippen molar-refractivity contribution in [3.05, 3.63) is 85.3 Å². The minimum Gasteiger partial charge on any atom is -0.322 e. The van der Waals surface area contributed by atoms with Gasteiger partial charge >= 0.3 is 5.69 Å². The van der Waals surface area contributed by atoms with Crippen LogP contribution in [0.3, 0.4) is 0 Å². The van der Waals surface area contributed by atoms with Crippen molar-refractivity contribution in [2.45, 2.75) is 0 Å². The molecule has 3 aromatic rings. The van der Waals surface area contributed by atoms with E-state index in [2.05, 4.69) is 10.6 Å². The minimum absolute atomic E-state index is 0.0530. The summed E-state index contributed by atoms with van der Waals surface area (Å²) >= 11 is 7.33. The van der Waals surface area contributed by atoms with Crippen LogP contribution in [0.4, 0.5) is 21.5 Å². The molecule has 2 aromatic carbocycles. The van der Waals surface area contributed by atoms with Crippen molar-refractivity contribution in [1.29, 1.82) is 0 Å². The van der Waals surface area contributed by atoms with Crippen LogP contribution < -0.4 is 10.6 Å². The summed E-state index contributed by atoms with van der Waals surface area (Å²) in [6.07, 6.45) is 0. The topological polar surface area (TPSA) is 101 Å². The average Bonchev–Trinajstić information content (AvgIpc) is 3.19. The normalized spacial score (nSPS) is 10.4. The van der Waals surface area contributed by atoms with E-state index >= 15 is 0 Å². The standard InChI is InChI=1S/C18H11ClFN3O4S/c19-12-5-3-10(8-14(12)22-18(25)16-2-1-7-28-16)17(24)21-11-4-6-13(20)15(9-11)23(26)27/h1-9H,(H,21,24)(H,22,25). The highest BCUT2D eigenvalue weighted by molar-refractivity contribution is 7.12. The van der Waals surface area contributed by atoms with Gasteiger partial charge in [0.1, 0.15) is 0 Å². The van der Waals surface area contributed by atoms with Gasteiger partial charge in [0, 0.05) is 17.3 Å². The summed E-state index contributed by atoms with van der Waals surface area (Å²) in [5.41, 5.74) is -0.314. The van der Waals surface area contributed by atoms with Gasteiger partial charge < -0.3 is 10.6 Å². The van der Waals surface area contributed by atoms with Crippen LogP contribution in [0.25, 0.3) is 0 Å². The molecule has 1 aromatic heterocycles. The highest BCUT2D eigenvalue weighted by Gasteiger charge is 2.17. The zero-order chi connectivity index (χ0) is 20.3. The summed E-state index contributed by atoms with van der Waals surface area (Å²) in [5.74, 6) is -1.99. The second-order valence-corrected chi connectivity index (χ2v) is 6.86. The van der Waals surface area contributed by atoms with Crippen LogP contribution in [0.2, 0.25) is 5.02 Å². The molecule has 7 nitrogen and oxygen atoms in total. The quantitative estimate of drug-likeness (QED) is 0.451. The van der Waals surface area contributed by atoms with Crippen molar-refractivity contribution in [3.63, 3.8) is 0 Å². The number of halogens is 2. The summed E-state index contributed by atoms with van der Waals surface area (Å²) < 4.78 is 13.4. The molecule has 28 heavy (non-hydrogen) atoms. The molecule has 0 aliphatic rings. The van der Waals surface area contributed by atoms with Crippen molar-refractivity contribution in [3.8, 4) is 0 Å². The smallest absolute Gasteiger partial charge is 0.306 e. The third kappa shape index (κ3) is 4.33. The number of nitrogens with one attached hydrogen (secondary N) is 2. The maximum atomic E-state index is 13.4. The van der Waals surface area contributed by atoms with Gasteiger partial charge in [0.25, 0.3) is 11.8 Å². The molecule has 0 spiro atoms. The third-order valence-electron chi connectivity index (χ3n) is 3.62. The van der Waals surface area contributed by atoms with Crippen LogP contribution in [0.5, 0.6) is 0 Å². The number of nitro groups is 1. The summed E-state index contributed by atoms with van der Waals surface area (Å²) in [4.78, 5) is 35.0. The Morgan fingerprint density at radius 3 is 2.54 bits per heavy atom. The van der Waals surface area contributed by atoms with Gasteiger partial charge in [-0.25, -0.2) is 0 Å². The molecule has 2 N–H and O–H groups in total. The first-order valence-electron chi connectivity index (χ1n) is 7.75. The minimum atomic E-state index is -1.01. The van der Waals surface area contributed by atoms with Gasteiger partial charge in [-0.2, -0.15) is 4.39 Å². The zero-order valence-electron chi connectivity index (χ0n) is 13.9. The fraction of sp³-hybridized carbons (Fsp3) is 0. The fourth-order valence-corrected chi connectivity index (χ4v) is 3.07. The van der Waals surface area contributed by atoms with Crippen LogP contribution >= 0.6 is 22.9 Å². The van der Waals surface area contributed by atoms with E-state index < -0.39 is 22.3 Å². The molecule has 0 fully saturated rings. The Morgan fingerprint density at radius 1 is 1.07 bits per heavy atom. The van der Waals surface area contributed by atoms with E-state index in [-0.39, 0.29) is 27.9 Å². The number of amides is 2. The number of carbonyl (C=O) groups is 2. The number of nitrogens with zero attached hydrogens (tertiary/aromatic N) is 1. The number of benzene rings is 2. The Labute approximate surface area is 166 Å². The van der Waals surface area contributed by atoms with Gasteiger partial charge in [0.2, 0.25) is 5.82 Å². The molecule has 2 amide bonds. The van der Waals surface area contributed by atoms with Crippen molar-refractivity contribution < 1.29 is 18.9 Å². The predicted octanol–water partition coefficient (Wildman–Crippen LogP) is 4.95. The fourth-order valence-electron chi connectivity index (χ4n) is 2.29. The lowest BCUT2D eigenvalue weighted by molar-refractivity contribution is -0.387. The van der Waals surface area contributed by atoms with Crippen LogP contribution in [0.15, 0.2) is 53.9 Å². The molecule has 0 saturated carbocycles. The number of thiophene rings is 1. The highest BCUT2D eigenvalue weighted by atomic mass is 35.5. The van der Waals surface area contributed by atoms with Crippen LogP contribution in [0, 0.1) is 15.9 Å². The van der Waals surface area contributed by atoms with Crippen LogP contribution in [0.1, 0.15) is 20.0 Å². The molecule has 0 radical (unpaired) electrons. The molecule has 10 heteroatoms. The number of carbonyl (C=O) groups excluding carboxylic acids is 2. The van der Waals surface area contributed by atoms with E-state index in [9.17, 15) is 24.1 Å². The molecule has 3 rings (SSSR count). The van der Waals surface area contributed by atoms with E-state index in [1.165, 1.54) is 35.6 Å². The number of hydrogen-bond acceptors (Lipinski definition) is 5. The molecule has 0 aliphatic carbocycles. The number of nitro benzene ring substituents is 1. The van der Waals surface area contributed by atoms with E-state index in [1.807, 2.05) is 0 Å². The first-order chi connectivity index (χ1) is 13.3. The molecule has 142 valence electrons. The second kappa shape index (κ2) is 8.15. The zero-order valence-corrected chi connectivity index (χ0v) is 15.5. The number of hydrogen-bond donors (Lipinski definition) is 2. The van der Waals surface area contributed by atoms with E-state index in [1.54, 1.807) is 17.5 Å². The number of rotatable bonds is 5. The summed E-state index contributed by atoms with van der Waals surface area (Å²) in [5, 5.41) is 17.9. The van der Waals surface area contributed by atoms with E-state index in [0.29, 0.717) is 4.88 Å². The van der Waals surface area contributed by atoms with Gasteiger partial charge in [-0.3, -0.25) is 19.7 Å². The third-order valence-corrected chi connectivity index (χ3v) is 4.82. The maximum Gasteiger partial charge on any atom is 0.306 e. The van der Waals surface area contributed by atoms with Crippen molar-refractivity contribution in [2.75, 3.05) is 10.6 Å². The maximum absolute atomic E-state index is 13.4. The Morgan fingerprint density at radius 2 is 1.86 bits per heavy atom. The summed E-state index contributed by atoms with van der Waals surface area (Å²) in [6, 6.07) is 10.6. The van der Waals surface area contributed by atoms with Gasteiger partial charge in [-0.05, 0) is 41.8 Å². The Hall–Kier alpha value is -3.30. The summed E-state index contributed by atoms with van der Waals surface area (Å²) in [6.45, 7) is 0. The SMILES string of the molecule is O=C(Nc1ccc(F)c([N+](=O)[O-])c1)c1ccc(Cl)c(NC(=O)c2cccs2)c1. The lowest BCUT2D eigenvalue weighted by Crippen LogP contribution is -2.14. The van der Waals surface area contributed by atoms with Gasteiger partial charge in [0.05, 0.1) is 20.5 Å². The predicted molar refractivity (Wildman–Crippen MR) is 105 cm³/mol. The van der Waals surface area contributed by atoms with Crippen LogP contribution in [-0.2, 0) is 0 Å². The largest absolute Gasteiger partial charge is 0.322 e. The lowest BCUT2D eigenvalue weighted by atomic mass is 10.1. The van der Waals surface area contributed by atoms with Gasteiger partial charge in [-0.1, -0.05) is 17.7 Å². The molecule has 0 saturated heterocycles. The first-order valence-corrected chi connectivity index (χ1v) is 9.00. The molecular weight excluding hydrogens is 409 g/mol. The molecule has 1 heterocycles. The average molecular weight is 420 g/mol. The van der Waals surface area contributed by atoms with Gasteiger partial charge in [0.15, 0.2) is 0 Å². The second-order valence-electron chi connectivity index (χ2n) is 5.50. The summed E-state index contributed by atoms with van der Waals surface area (Å²) in [7, 11) is 0. The molecular formula is C18H11ClFN3O4S. The van der Waals surface area contributed by atoms with Gasteiger partial charge in [-0.15, -0.1) is 11.3 Å². The van der Waals surface area contributed by atoms with Crippen LogP contribution in [-0.4, -0.2) is 16.7 Å². The Balaban J connectivity index is 1.80. The monoisotopic (exact) mass is 419 g/mol. The molecule has 0 unspecified atom stereocenters. The van der Waals surface area contributed by atoms with E-state index in [0.717, 1.165) is 12.1 Å². The molecule has 0 bridgehead atoms. The highest BCUT2D eigenvalue weighted by Crippen LogP contribution is 2.26. The van der Waals surface area contributed by atoms with Crippen molar-refractivity contribution in [2.24, 2.45) is 0 Å². The van der Waals surface area contributed by atoms with Crippen molar-refractivity contribution >= 4 is 51.8 Å².